The number of benzene rings is 1. The lowest BCUT2D eigenvalue weighted by molar-refractivity contribution is -0.140. The fourth-order valence-corrected chi connectivity index (χ4v) is 1.52. The maximum absolute atomic E-state index is 11.7. The molecule has 0 heterocycles. The molecule has 0 aliphatic heterocycles. The first-order valence-electron chi connectivity index (χ1n) is 5.84. The molecule has 0 saturated carbocycles. The molecule has 3 nitrogen and oxygen atoms in total. The van der Waals surface area contributed by atoms with E-state index in [9.17, 15) is 4.79 Å². The molecular formula is C15H18O3. The Hall–Kier alpha value is -1.87. The van der Waals surface area contributed by atoms with E-state index >= 15 is 0 Å². The van der Waals surface area contributed by atoms with Gasteiger partial charge in [0.05, 0.1) is 18.8 Å². The molecule has 0 radical (unpaired) electrons. The fraction of sp³-hybridized carbons (Fsp3) is 0.267. The minimum absolute atomic E-state index is 0.296. The van der Waals surface area contributed by atoms with Gasteiger partial charge in [-0.05, 0) is 12.5 Å². The smallest absolute Gasteiger partial charge is 0.336 e. The van der Waals surface area contributed by atoms with Gasteiger partial charge in [0.25, 0.3) is 0 Å². The number of hydrogen-bond acceptors (Lipinski definition) is 3. The largest absolute Gasteiger partial charge is 0.463 e. The summed E-state index contributed by atoms with van der Waals surface area (Å²) in [5.74, 6) is -0.435. The average Bonchev–Trinajstić information content (AvgIpc) is 2.40. The van der Waals surface area contributed by atoms with E-state index in [-0.39, 0.29) is 0 Å². The van der Waals surface area contributed by atoms with Gasteiger partial charge >= 0.3 is 5.97 Å². The van der Waals surface area contributed by atoms with Crippen LogP contribution in [0.5, 0.6) is 0 Å². The summed E-state index contributed by atoms with van der Waals surface area (Å²) in [5.41, 5.74) is 1.17. The standard InChI is InChI=1S/C15H18O3/c1-4-11-18-14(12(3)15(16)17-5-2)13-9-7-6-8-10-13/h4,6-10,14H,1,3,5,11H2,2H3. The fourth-order valence-electron chi connectivity index (χ4n) is 1.52. The zero-order chi connectivity index (χ0) is 13.4. The number of hydrogen-bond donors (Lipinski definition) is 0. The predicted molar refractivity (Wildman–Crippen MR) is 71.1 cm³/mol. The Morgan fingerprint density at radius 3 is 2.61 bits per heavy atom. The SMILES string of the molecule is C=CCOC(C(=C)C(=O)OCC)c1ccccc1. The Balaban J connectivity index is 2.88. The van der Waals surface area contributed by atoms with Crippen molar-refractivity contribution in [1.29, 1.82) is 0 Å². The molecule has 0 aliphatic carbocycles. The van der Waals surface area contributed by atoms with E-state index in [1.54, 1.807) is 13.0 Å². The van der Waals surface area contributed by atoms with Crippen LogP contribution >= 0.6 is 0 Å². The molecule has 0 N–H and O–H groups in total. The first-order chi connectivity index (χ1) is 8.70. The Labute approximate surface area is 108 Å². The molecule has 0 spiro atoms. The van der Waals surface area contributed by atoms with Crippen molar-refractivity contribution >= 4 is 5.97 Å². The molecule has 18 heavy (non-hydrogen) atoms. The second-order valence-electron chi connectivity index (χ2n) is 3.66. The van der Waals surface area contributed by atoms with Gasteiger partial charge in [0, 0.05) is 0 Å². The summed E-state index contributed by atoms with van der Waals surface area (Å²) in [6, 6.07) is 9.45. The molecule has 0 amide bonds. The summed E-state index contributed by atoms with van der Waals surface area (Å²) in [4.78, 5) is 11.7. The molecule has 3 heteroatoms. The maximum atomic E-state index is 11.7. The lowest BCUT2D eigenvalue weighted by Crippen LogP contribution is -2.16. The lowest BCUT2D eigenvalue weighted by Gasteiger charge is -2.18. The summed E-state index contributed by atoms with van der Waals surface area (Å²) in [7, 11) is 0. The van der Waals surface area contributed by atoms with Crippen molar-refractivity contribution in [3.05, 3.63) is 60.7 Å². The number of ether oxygens (including phenoxy) is 2. The summed E-state index contributed by atoms with van der Waals surface area (Å²) in [5, 5.41) is 0. The Kier molecular flexibility index (Phi) is 5.88. The summed E-state index contributed by atoms with van der Waals surface area (Å²) in [6.07, 6.45) is 1.14. The van der Waals surface area contributed by atoms with Gasteiger partial charge in [-0.15, -0.1) is 6.58 Å². The second-order valence-corrected chi connectivity index (χ2v) is 3.66. The van der Waals surface area contributed by atoms with E-state index in [2.05, 4.69) is 13.2 Å². The van der Waals surface area contributed by atoms with Crippen LogP contribution in [0.1, 0.15) is 18.6 Å². The minimum Gasteiger partial charge on any atom is -0.463 e. The summed E-state index contributed by atoms with van der Waals surface area (Å²) >= 11 is 0. The van der Waals surface area contributed by atoms with Gasteiger partial charge in [0.2, 0.25) is 0 Å². The van der Waals surface area contributed by atoms with Crippen LogP contribution in [0, 0.1) is 0 Å². The Morgan fingerprint density at radius 2 is 2.06 bits per heavy atom. The van der Waals surface area contributed by atoms with E-state index in [1.165, 1.54) is 0 Å². The number of carbonyl (C=O) groups is 1. The molecule has 0 aliphatic rings. The highest BCUT2D eigenvalue weighted by atomic mass is 16.5. The van der Waals surface area contributed by atoms with Gasteiger partial charge in [-0.25, -0.2) is 4.79 Å². The summed E-state index contributed by atoms with van der Waals surface area (Å²) in [6.45, 7) is 9.79. The molecule has 0 saturated heterocycles. The van der Waals surface area contributed by atoms with Gasteiger partial charge in [-0.1, -0.05) is 43.0 Å². The molecule has 0 bridgehead atoms. The van der Waals surface area contributed by atoms with E-state index in [0.29, 0.717) is 18.8 Å². The quantitative estimate of drug-likeness (QED) is 0.421. The Bertz CT molecular complexity index is 409. The molecule has 1 unspecified atom stereocenters. The van der Waals surface area contributed by atoms with Gasteiger partial charge in [0.15, 0.2) is 0 Å². The van der Waals surface area contributed by atoms with E-state index in [1.807, 2.05) is 30.3 Å². The van der Waals surface area contributed by atoms with Gasteiger partial charge in [0.1, 0.15) is 6.10 Å². The van der Waals surface area contributed by atoms with Crippen molar-refractivity contribution < 1.29 is 14.3 Å². The molecule has 1 rings (SSSR count). The lowest BCUT2D eigenvalue weighted by atomic mass is 10.0. The summed E-state index contributed by atoms with van der Waals surface area (Å²) < 4.78 is 10.5. The number of esters is 1. The van der Waals surface area contributed by atoms with Gasteiger partial charge in [-0.3, -0.25) is 0 Å². The number of carbonyl (C=O) groups excluding carboxylic acids is 1. The van der Waals surface area contributed by atoms with Crippen LogP contribution in [-0.4, -0.2) is 19.2 Å². The normalized spacial score (nSPS) is 11.6. The highest BCUT2D eigenvalue weighted by molar-refractivity contribution is 5.89. The van der Waals surface area contributed by atoms with Crippen LogP contribution in [0.4, 0.5) is 0 Å². The predicted octanol–water partition coefficient (Wildman–Crippen LogP) is 3.05. The van der Waals surface area contributed by atoms with Gasteiger partial charge in [-0.2, -0.15) is 0 Å². The topological polar surface area (TPSA) is 35.5 Å². The second kappa shape index (κ2) is 7.45. The third-order valence-electron chi connectivity index (χ3n) is 2.34. The first kappa shape index (κ1) is 14.2. The molecule has 1 aromatic rings. The first-order valence-corrected chi connectivity index (χ1v) is 5.84. The van der Waals surface area contributed by atoms with Gasteiger partial charge < -0.3 is 9.47 Å². The molecule has 0 fully saturated rings. The van der Waals surface area contributed by atoms with Crippen LogP contribution in [0.15, 0.2) is 55.1 Å². The number of rotatable bonds is 7. The van der Waals surface area contributed by atoms with Crippen LogP contribution in [0.2, 0.25) is 0 Å². The molecule has 1 atom stereocenters. The van der Waals surface area contributed by atoms with Crippen molar-refractivity contribution in [3.63, 3.8) is 0 Å². The van der Waals surface area contributed by atoms with Crippen molar-refractivity contribution in [2.24, 2.45) is 0 Å². The highest BCUT2D eigenvalue weighted by Gasteiger charge is 2.22. The monoisotopic (exact) mass is 246 g/mol. The Morgan fingerprint density at radius 1 is 1.39 bits per heavy atom. The van der Waals surface area contributed by atoms with Crippen LogP contribution in [0.25, 0.3) is 0 Å². The minimum atomic E-state index is -0.497. The molecule has 0 aromatic heterocycles. The third-order valence-corrected chi connectivity index (χ3v) is 2.34. The van der Waals surface area contributed by atoms with Crippen LogP contribution in [-0.2, 0) is 14.3 Å². The third kappa shape index (κ3) is 3.86. The molecular weight excluding hydrogens is 228 g/mol. The van der Waals surface area contributed by atoms with Crippen molar-refractivity contribution in [1.82, 2.24) is 0 Å². The van der Waals surface area contributed by atoms with Crippen LogP contribution in [0.3, 0.4) is 0 Å². The van der Waals surface area contributed by atoms with E-state index < -0.39 is 12.1 Å². The van der Waals surface area contributed by atoms with Crippen molar-refractivity contribution in [2.45, 2.75) is 13.0 Å². The van der Waals surface area contributed by atoms with E-state index in [4.69, 9.17) is 9.47 Å². The zero-order valence-electron chi connectivity index (χ0n) is 10.6. The maximum Gasteiger partial charge on any atom is 0.336 e. The van der Waals surface area contributed by atoms with Crippen molar-refractivity contribution in [2.75, 3.05) is 13.2 Å². The molecule has 96 valence electrons. The van der Waals surface area contributed by atoms with E-state index in [0.717, 1.165) is 5.56 Å². The zero-order valence-corrected chi connectivity index (χ0v) is 10.6. The van der Waals surface area contributed by atoms with Crippen LogP contribution < -0.4 is 0 Å². The molecule has 1 aromatic carbocycles. The average molecular weight is 246 g/mol. The van der Waals surface area contributed by atoms with Crippen molar-refractivity contribution in [3.8, 4) is 0 Å². The highest BCUT2D eigenvalue weighted by Crippen LogP contribution is 2.25.